The third kappa shape index (κ3) is 4.57. The van der Waals surface area contributed by atoms with Crippen LogP contribution in [0.25, 0.3) is 0 Å². The molecule has 5 heteroatoms. The van der Waals surface area contributed by atoms with E-state index in [0.29, 0.717) is 25.9 Å². The second-order valence-corrected chi connectivity index (χ2v) is 4.92. The summed E-state index contributed by atoms with van der Waals surface area (Å²) in [5.41, 5.74) is 8.76. The molecule has 0 atom stereocenters. The van der Waals surface area contributed by atoms with Crippen molar-refractivity contribution in [3.05, 3.63) is 34.9 Å². The number of rotatable bonds is 6. The molecule has 0 aromatic heterocycles. The summed E-state index contributed by atoms with van der Waals surface area (Å²) in [6, 6.07) is 6.12. The summed E-state index contributed by atoms with van der Waals surface area (Å²) < 4.78 is 0. The molecule has 0 unspecified atom stereocenters. The van der Waals surface area contributed by atoms with E-state index in [0.717, 1.165) is 16.7 Å². The maximum absolute atomic E-state index is 12.3. The first kappa shape index (κ1) is 16.0. The summed E-state index contributed by atoms with van der Waals surface area (Å²) in [6.07, 6.45) is 0.764. The van der Waals surface area contributed by atoms with Crippen molar-refractivity contribution in [2.45, 2.75) is 33.6 Å². The van der Waals surface area contributed by atoms with Crippen LogP contribution in [-0.2, 0) is 11.2 Å². The van der Waals surface area contributed by atoms with Crippen molar-refractivity contribution in [2.75, 3.05) is 13.1 Å². The van der Waals surface area contributed by atoms with Gasteiger partial charge >= 0.3 is 0 Å². The lowest BCUT2D eigenvalue weighted by atomic mass is 10.0. The van der Waals surface area contributed by atoms with Crippen LogP contribution in [0.3, 0.4) is 0 Å². The van der Waals surface area contributed by atoms with Crippen molar-refractivity contribution in [1.29, 1.82) is 0 Å². The normalized spacial score (nSPS) is 11.4. The van der Waals surface area contributed by atoms with Gasteiger partial charge in [0.2, 0.25) is 5.91 Å². The summed E-state index contributed by atoms with van der Waals surface area (Å²) >= 11 is 0. The lowest BCUT2D eigenvalue weighted by Gasteiger charge is -2.21. The number of aryl methyl sites for hydroxylation is 2. The molecule has 1 aromatic rings. The maximum atomic E-state index is 12.3. The first-order valence-electron chi connectivity index (χ1n) is 6.78. The molecule has 0 saturated heterocycles. The molecule has 3 N–H and O–H groups in total. The predicted octanol–water partition coefficient (Wildman–Crippen LogP) is 1.83. The van der Waals surface area contributed by atoms with Gasteiger partial charge in [-0.25, -0.2) is 0 Å². The Balaban J connectivity index is 2.69. The van der Waals surface area contributed by atoms with E-state index in [1.54, 1.807) is 4.90 Å². The number of hydrogen-bond acceptors (Lipinski definition) is 3. The highest BCUT2D eigenvalue weighted by Gasteiger charge is 2.14. The van der Waals surface area contributed by atoms with Crippen molar-refractivity contribution in [1.82, 2.24) is 4.90 Å². The summed E-state index contributed by atoms with van der Waals surface area (Å²) in [6.45, 7) is 7.03. The number of carbonyl (C=O) groups excluding carboxylic acids is 1. The van der Waals surface area contributed by atoms with Gasteiger partial charge in [-0.3, -0.25) is 4.79 Å². The molecule has 0 aliphatic rings. The van der Waals surface area contributed by atoms with Crippen LogP contribution in [0.15, 0.2) is 23.4 Å². The topological polar surface area (TPSA) is 78.9 Å². The number of oxime groups is 1. The average molecular weight is 277 g/mol. The molecule has 1 aromatic carbocycles. The molecule has 0 saturated carbocycles. The standard InChI is InChI=1S/C15H23N3O2/c1-4-18(8-7-14(16)17-20)15(19)10-13-9-11(2)5-6-12(13)3/h5-6,9,20H,4,7-8,10H2,1-3H3,(H2,16,17). The fourth-order valence-corrected chi connectivity index (χ4v) is 2.02. The van der Waals surface area contributed by atoms with E-state index in [2.05, 4.69) is 5.16 Å². The number of benzene rings is 1. The molecule has 0 aliphatic heterocycles. The van der Waals surface area contributed by atoms with Crippen LogP contribution >= 0.6 is 0 Å². The Bertz CT molecular complexity index is 498. The smallest absolute Gasteiger partial charge is 0.227 e. The third-order valence-electron chi connectivity index (χ3n) is 3.35. The minimum atomic E-state index is 0.0620. The van der Waals surface area contributed by atoms with E-state index in [4.69, 9.17) is 10.9 Å². The van der Waals surface area contributed by atoms with E-state index in [1.165, 1.54) is 0 Å². The predicted molar refractivity (Wildman–Crippen MR) is 79.9 cm³/mol. The molecule has 1 rings (SSSR count). The molecule has 20 heavy (non-hydrogen) atoms. The Labute approximate surface area is 120 Å². The van der Waals surface area contributed by atoms with Crippen molar-refractivity contribution in [2.24, 2.45) is 10.9 Å². The SMILES string of the molecule is CCN(CCC(N)=NO)C(=O)Cc1cc(C)ccc1C. The van der Waals surface area contributed by atoms with E-state index >= 15 is 0 Å². The van der Waals surface area contributed by atoms with Gasteiger partial charge in [-0.15, -0.1) is 0 Å². The Morgan fingerprint density at radius 1 is 1.40 bits per heavy atom. The summed E-state index contributed by atoms with van der Waals surface area (Å²) in [4.78, 5) is 14.0. The lowest BCUT2D eigenvalue weighted by molar-refractivity contribution is -0.130. The van der Waals surface area contributed by atoms with Gasteiger partial charge in [-0.05, 0) is 31.9 Å². The number of nitrogens with zero attached hydrogens (tertiary/aromatic N) is 2. The van der Waals surface area contributed by atoms with Crippen LogP contribution in [-0.4, -0.2) is 34.9 Å². The molecular formula is C15H23N3O2. The number of carbonyl (C=O) groups is 1. The van der Waals surface area contributed by atoms with Gasteiger partial charge in [0.15, 0.2) is 0 Å². The van der Waals surface area contributed by atoms with Gasteiger partial charge in [-0.1, -0.05) is 28.9 Å². The van der Waals surface area contributed by atoms with E-state index in [1.807, 2.05) is 39.0 Å². The largest absolute Gasteiger partial charge is 0.409 e. The van der Waals surface area contributed by atoms with Gasteiger partial charge in [0.25, 0.3) is 0 Å². The quantitative estimate of drug-likeness (QED) is 0.360. The van der Waals surface area contributed by atoms with Gasteiger partial charge in [0.05, 0.1) is 6.42 Å². The third-order valence-corrected chi connectivity index (χ3v) is 3.35. The zero-order chi connectivity index (χ0) is 15.1. The van der Waals surface area contributed by atoms with Crippen LogP contribution < -0.4 is 5.73 Å². The number of hydrogen-bond donors (Lipinski definition) is 2. The van der Waals surface area contributed by atoms with Crippen LogP contribution in [0.5, 0.6) is 0 Å². The van der Waals surface area contributed by atoms with Crippen LogP contribution in [0.1, 0.15) is 30.0 Å². The highest BCUT2D eigenvalue weighted by Crippen LogP contribution is 2.12. The zero-order valence-corrected chi connectivity index (χ0v) is 12.4. The highest BCUT2D eigenvalue weighted by atomic mass is 16.4. The number of nitrogens with two attached hydrogens (primary N) is 1. The van der Waals surface area contributed by atoms with Crippen LogP contribution in [0, 0.1) is 13.8 Å². The van der Waals surface area contributed by atoms with Gasteiger partial charge in [0, 0.05) is 19.5 Å². The van der Waals surface area contributed by atoms with Gasteiger partial charge in [0.1, 0.15) is 5.84 Å². The Kier molecular flexibility index (Phi) is 6.03. The summed E-state index contributed by atoms with van der Waals surface area (Å²) in [7, 11) is 0. The number of likely N-dealkylation sites (N-methyl/N-ethyl adjacent to an activating group) is 1. The van der Waals surface area contributed by atoms with E-state index in [9.17, 15) is 4.79 Å². The van der Waals surface area contributed by atoms with Crippen LogP contribution in [0.2, 0.25) is 0 Å². The number of amides is 1. The Morgan fingerprint density at radius 2 is 2.10 bits per heavy atom. The molecule has 1 amide bonds. The Hall–Kier alpha value is -2.04. The fraction of sp³-hybridized carbons (Fsp3) is 0.467. The molecule has 5 nitrogen and oxygen atoms in total. The molecule has 0 bridgehead atoms. The minimum Gasteiger partial charge on any atom is -0.409 e. The molecule has 0 spiro atoms. The van der Waals surface area contributed by atoms with Crippen molar-refractivity contribution < 1.29 is 10.0 Å². The Morgan fingerprint density at radius 3 is 2.70 bits per heavy atom. The van der Waals surface area contributed by atoms with E-state index in [-0.39, 0.29) is 11.7 Å². The average Bonchev–Trinajstić information content (AvgIpc) is 2.43. The van der Waals surface area contributed by atoms with Gasteiger partial charge < -0.3 is 15.8 Å². The van der Waals surface area contributed by atoms with Crippen molar-refractivity contribution >= 4 is 11.7 Å². The molecule has 0 radical (unpaired) electrons. The number of amidine groups is 1. The minimum absolute atomic E-state index is 0.0620. The van der Waals surface area contributed by atoms with Crippen LogP contribution in [0.4, 0.5) is 0 Å². The fourth-order valence-electron chi connectivity index (χ4n) is 2.02. The van der Waals surface area contributed by atoms with Crippen molar-refractivity contribution in [3.8, 4) is 0 Å². The van der Waals surface area contributed by atoms with Crippen molar-refractivity contribution in [3.63, 3.8) is 0 Å². The zero-order valence-electron chi connectivity index (χ0n) is 12.4. The molecule has 110 valence electrons. The summed E-state index contributed by atoms with van der Waals surface area (Å²) in [5.74, 6) is 0.204. The molecule has 0 fully saturated rings. The summed E-state index contributed by atoms with van der Waals surface area (Å²) in [5, 5.41) is 11.4. The second-order valence-electron chi connectivity index (χ2n) is 4.92. The molecule has 0 aliphatic carbocycles. The monoisotopic (exact) mass is 277 g/mol. The lowest BCUT2D eigenvalue weighted by Crippen LogP contribution is -2.35. The first-order chi connectivity index (χ1) is 9.47. The maximum Gasteiger partial charge on any atom is 0.227 e. The molecular weight excluding hydrogens is 254 g/mol. The van der Waals surface area contributed by atoms with E-state index < -0.39 is 0 Å². The first-order valence-corrected chi connectivity index (χ1v) is 6.78. The molecule has 0 heterocycles. The second kappa shape index (κ2) is 7.53. The van der Waals surface area contributed by atoms with Gasteiger partial charge in [-0.2, -0.15) is 0 Å². The highest BCUT2D eigenvalue weighted by molar-refractivity contribution is 5.82.